The monoisotopic (exact) mass is 206 g/mol. The number of hydrogen-bond acceptors (Lipinski definition) is 1. The van der Waals surface area contributed by atoms with Gasteiger partial charge in [-0.2, -0.15) is 0 Å². The van der Waals surface area contributed by atoms with E-state index in [1.807, 2.05) is 0 Å². The van der Waals surface area contributed by atoms with E-state index < -0.39 is 6.10 Å². The summed E-state index contributed by atoms with van der Waals surface area (Å²) < 4.78 is 0. The van der Waals surface area contributed by atoms with Crippen LogP contribution < -0.4 is 0 Å². The molecule has 0 saturated heterocycles. The zero-order valence-corrected chi connectivity index (χ0v) is 8.67. The first-order valence-electron chi connectivity index (χ1n) is 4.20. The molecule has 2 heteroatoms. The van der Waals surface area contributed by atoms with Crippen LogP contribution in [0.4, 0.5) is 0 Å². The number of aliphatic hydroxyl groups is 1. The molecule has 0 radical (unpaired) electrons. The van der Waals surface area contributed by atoms with Crippen molar-refractivity contribution in [2.24, 2.45) is 0 Å². The van der Waals surface area contributed by atoms with Crippen LogP contribution in [0.25, 0.3) is 0 Å². The summed E-state index contributed by atoms with van der Waals surface area (Å²) in [7, 11) is 0. The minimum absolute atomic E-state index is 0.596. The highest BCUT2D eigenvalue weighted by Crippen LogP contribution is 2.16. The molecule has 0 amide bonds. The predicted molar refractivity (Wildman–Crippen MR) is 59.0 cm³/mol. The summed E-state index contributed by atoms with van der Waals surface area (Å²) in [6, 6.07) is 7.01. The van der Waals surface area contributed by atoms with Gasteiger partial charge in [-0.15, -0.1) is 0 Å². The quantitative estimate of drug-likeness (QED) is 0.701. The Balaban J connectivity index is 2.86. The Hall–Kier alpha value is -1.23. The van der Waals surface area contributed by atoms with Crippen LogP contribution in [0.2, 0.25) is 5.02 Å². The molecule has 72 valence electrons. The summed E-state index contributed by atoms with van der Waals surface area (Å²) >= 11 is 5.77. The van der Waals surface area contributed by atoms with E-state index >= 15 is 0 Å². The van der Waals surface area contributed by atoms with Crippen molar-refractivity contribution in [3.63, 3.8) is 0 Å². The predicted octanol–water partition coefficient (Wildman–Crippen LogP) is 2.95. The Morgan fingerprint density at radius 1 is 1.57 bits per heavy atom. The van der Waals surface area contributed by atoms with Gasteiger partial charge >= 0.3 is 0 Å². The van der Waals surface area contributed by atoms with Gasteiger partial charge in [0.2, 0.25) is 0 Å². The van der Waals surface area contributed by atoms with Gasteiger partial charge in [0.05, 0.1) is 0 Å². The number of rotatable bonds is 1. The van der Waals surface area contributed by atoms with Gasteiger partial charge in [0.15, 0.2) is 0 Å². The molecule has 0 aliphatic carbocycles. The van der Waals surface area contributed by atoms with Crippen molar-refractivity contribution in [3.05, 3.63) is 47.0 Å². The van der Waals surface area contributed by atoms with E-state index in [2.05, 4.69) is 18.4 Å². The number of aliphatic hydroxyl groups excluding tert-OH is 1. The molecule has 0 aliphatic rings. The van der Waals surface area contributed by atoms with E-state index in [1.54, 1.807) is 31.2 Å². The van der Waals surface area contributed by atoms with Crippen molar-refractivity contribution in [3.8, 4) is 11.8 Å². The van der Waals surface area contributed by atoms with Crippen LogP contribution in [0.1, 0.15) is 18.6 Å². The largest absolute Gasteiger partial charge is 0.376 e. The zero-order chi connectivity index (χ0) is 10.6. The van der Waals surface area contributed by atoms with Crippen molar-refractivity contribution in [2.75, 3.05) is 0 Å². The van der Waals surface area contributed by atoms with E-state index in [4.69, 9.17) is 11.6 Å². The van der Waals surface area contributed by atoms with Gasteiger partial charge in [0, 0.05) is 5.02 Å². The summed E-state index contributed by atoms with van der Waals surface area (Å²) in [6.45, 7) is 5.42. The van der Waals surface area contributed by atoms with Gasteiger partial charge in [-0.05, 0) is 30.2 Å². The number of allylic oxidation sites excluding steroid dienone is 1. The Morgan fingerprint density at radius 3 is 2.86 bits per heavy atom. The first-order chi connectivity index (χ1) is 6.59. The van der Waals surface area contributed by atoms with Crippen molar-refractivity contribution in [1.82, 2.24) is 0 Å². The number of benzene rings is 1. The standard InChI is InChI=1S/C12H11ClO/c1-9(2)6-7-12(14)10-4-3-5-11(13)8-10/h3-5,8,12,14H,1H2,2H3. The second kappa shape index (κ2) is 4.85. The maximum atomic E-state index is 9.62. The van der Waals surface area contributed by atoms with Crippen LogP contribution in [0.5, 0.6) is 0 Å². The molecule has 0 heterocycles. The second-order valence-electron chi connectivity index (χ2n) is 3.01. The molecule has 0 bridgehead atoms. The Bertz CT molecular complexity index is 398. The molecule has 0 saturated carbocycles. The Labute approximate surface area is 89.0 Å². The highest BCUT2D eigenvalue weighted by molar-refractivity contribution is 6.30. The third-order valence-electron chi connectivity index (χ3n) is 1.59. The summed E-state index contributed by atoms with van der Waals surface area (Å²) in [5.41, 5.74) is 1.43. The van der Waals surface area contributed by atoms with E-state index in [1.165, 1.54) is 0 Å². The van der Waals surface area contributed by atoms with Crippen molar-refractivity contribution < 1.29 is 5.11 Å². The molecule has 1 nitrogen and oxygen atoms in total. The fourth-order valence-corrected chi connectivity index (χ4v) is 1.15. The minimum Gasteiger partial charge on any atom is -0.376 e. The molecule has 1 N–H and O–H groups in total. The smallest absolute Gasteiger partial charge is 0.140 e. The van der Waals surface area contributed by atoms with E-state index in [0.29, 0.717) is 10.6 Å². The fourth-order valence-electron chi connectivity index (χ4n) is 0.952. The van der Waals surface area contributed by atoms with Crippen molar-refractivity contribution in [2.45, 2.75) is 13.0 Å². The van der Waals surface area contributed by atoms with Crippen LogP contribution in [0, 0.1) is 11.8 Å². The van der Waals surface area contributed by atoms with Gasteiger partial charge < -0.3 is 5.11 Å². The van der Waals surface area contributed by atoms with Crippen LogP contribution in [-0.4, -0.2) is 5.11 Å². The second-order valence-corrected chi connectivity index (χ2v) is 3.44. The van der Waals surface area contributed by atoms with E-state index in [9.17, 15) is 5.11 Å². The molecule has 14 heavy (non-hydrogen) atoms. The molecule has 0 aliphatic heterocycles. The summed E-state index contributed by atoms with van der Waals surface area (Å²) in [4.78, 5) is 0. The average Bonchev–Trinajstić information content (AvgIpc) is 2.14. The Morgan fingerprint density at radius 2 is 2.29 bits per heavy atom. The van der Waals surface area contributed by atoms with Gasteiger partial charge in [-0.3, -0.25) is 0 Å². The third-order valence-corrected chi connectivity index (χ3v) is 1.82. The van der Waals surface area contributed by atoms with Gasteiger partial charge in [0.1, 0.15) is 6.10 Å². The zero-order valence-electron chi connectivity index (χ0n) is 7.92. The molecular weight excluding hydrogens is 196 g/mol. The first kappa shape index (κ1) is 10.8. The average molecular weight is 207 g/mol. The van der Waals surface area contributed by atoms with Crippen molar-refractivity contribution >= 4 is 11.6 Å². The normalized spacial score (nSPS) is 11.4. The van der Waals surface area contributed by atoms with Crippen LogP contribution in [0.15, 0.2) is 36.4 Å². The number of hydrogen-bond donors (Lipinski definition) is 1. The highest BCUT2D eigenvalue weighted by atomic mass is 35.5. The molecule has 1 aromatic rings. The van der Waals surface area contributed by atoms with Crippen molar-refractivity contribution in [1.29, 1.82) is 0 Å². The highest BCUT2D eigenvalue weighted by Gasteiger charge is 2.02. The van der Waals surface area contributed by atoms with Crippen LogP contribution in [0.3, 0.4) is 0 Å². The number of halogens is 1. The van der Waals surface area contributed by atoms with Gasteiger partial charge in [0.25, 0.3) is 0 Å². The first-order valence-corrected chi connectivity index (χ1v) is 4.58. The third kappa shape index (κ3) is 3.26. The minimum atomic E-state index is -0.801. The van der Waals surface area contributed by atoms with Crippen LogP contribution in [-0.2, 0) is 0 Å². The summed E-state index contributed by atoms with van der Waals surface area (Å²) in [6.07, 6.45) is -0.801. The molecule has 0 aromatic heterocycles. The lowest BCUT2D eigenvalue weighted by Crippen LogP contribution is -1.92. The molecule has 0 fully saturated rings. The maximum Gasteiger partial charge on any atom is 0.140 e. The molecule has 1 unspecified atom stereocenters. The van der Waals surface area contributed by atoms with Gasteiger partial charge in [-0.1, -0.05) is 42.2 Å². The fraction of sp³-hybridized carbons (Fsp3) is 0.167. The molecule has 1 atom stereocenters. The molecule has 1 aromatic carbocycles. The Kier molecular flexibility index (Phi) is 3.76. The maximum absolute atomic E-state index is 9.62. The van der Waals surface area contributed by atoms with E-state index in [0.717, 1.165) is 5.57 Å². The van der Waals surface area contributed by atoms with E-state index in [-0.39, 0.29) is 0 Å². The summed E-state index contributed by atoms with van der Waals surface area (Å²) in [5.74, 6) is 5.40. The summed E-state index contributed by atoms with van der Waals surface area (Å²) in [5, 5.41) is 10.2. The van der Waals surface area contributed by atoms with Crippen LogP contribution >= 0.6 is 11.6 Å². The lowest BCUT2D eigenvalue weighted by atomic mass is 10.1. The molecule has 1 rings (SSSR count). The molecular formula is C12H11ClO. The lowest BCUT2D eigenvalue weighted by Gasteiger charge is -2.03. The topological polar surface area (TPSA) is 20.2 Å². The molecule has 0 spiro atoms. The van der Waals surface area contributed by atoms with Gasteiger partial charge in [-0.25, -0.2) is 0 Å². The lowest BCUT2D eigenvalue weighted by molar-refractivity contribution is 0.238. The SMILES string of the molecule is C=C(C)C#CC(O)c1cccc(Cl)c1.